The van der Waals surface area contributed by atoms with Crippen molar-refractivity contribution in [3.63, 3.8) is 0 Å². The molecule has 1 aromatic heterocycles. The van der Waals surface area contributed by atoms with Crippen molar-refractivity contribution in [3.05, 3.63) is 53.4 Å². The van der Waals surface area contributed by atoms with Crippen LogP contribution in [0.4, 0.5) is 11.4 Å². The molecule has 0 spiro atoms. The molecule has 0 N–H and O–H groups in total. The number of nitrogens with zero attached hydrogens (tertiary/aromatic N) is 2. The number of hydrogen-bond donors (Lipinski definition) is 0. The number of anilines is 2. The normalized spacial score (nSPS) is 19.2. The first-order valence-electron chi connectivity index (χ1n) is 8.36. The summed E-state index contributed by atoms with van der Waals surface area (Å²) in [5.41, 5.74) is 6.58. The summed E-state index contributed by atoms with van der Waals surface area (Å²) in [5.74, 6) is 1.53. The van der Waals surface area contributed by atoms with Crippen LogP contribution in [0.3, 0.4) is 0 Å². The van der Waals surface area contributed by atoms with Crippen LogP contribution < -0.4 is 9.64 Å². The van der Waals surface area contributed by atoms with Crippen molar-refractivity contribution in [1.29, 1.82) is 0 Å². The van der Waals surface area contributed by atoms with Gasteiger partial charge in [-0.15, -0.1) is 0 Å². The van der Waals surface area contributed by atoms with Crippen molar-refractivity contribution in [2.45, 2.75) is 26.2 Å². The van der Waals surface area contributed by atoms with E-state index in [2.05, 4.69) is 47.2 Å². The van der Waals surface area contributed by atoms with Gasteiger partial charge in [-0.25, -0.2) is 0 Å². The molecule has 1 aliphatic heterocycles. The Morgan fingerprint density at radius 2 is 2.09 bits per heavy atom. The zero-order valence-corrected chi connectivity index (χ0v) is 13.7. The van der Waals surface area contributed by atoms with E-state index in [1.165, 1.54) is 28.1 Å². The number of methoxy groups -OCH3 is 1. The fourth-order valence-electron chi connectivity index (χ4n) is 3.70. The first-order valence-corrected chi connectivity index (χ1v) is 8.36. The van der Waals surface area contributed by atoms with Gasteiger partial charge in [-0.2, -0.15) is 0 Å². The van der Waals surface area contributed by atoms with Gasteiger partial charge in [0.15, 0.2) is 0 Å². The molecule has 1 aromatic carbocycles. The molecule has 23 heavy (non-hydrogen) atoms. The number of benzene rings is 1. The van der Waals surface area contributed by atoms with Crippen molar-refractivity contribution in [2.24, 2.45) is 5.92 Å². The first-order chi connectivity index (χ1) is 11.3. The molecular weight excluding hydrogens is 284 g/mol. The summed E-state index contributed by atoms with van der Waals surface area (Å²) in [4.78, 5) is 6.94. The van der Waals surface area contributed by atoms with Crippen LogP contribution in [-0.2, 0) is 12.8 Å². The molecule has 3 heteroatoms. The van der Waals surface area contributed by atoms with Gasteiger partial charge in [0.1, 0.15) is 5.75 Å². The van der Waals surface area contributed by atoms with Gasteiger partial charge in [-0.1, -0.05) is 19.1 Å². The van der Waals surface area contributed by atoms with Crippen molar-refractivity contribution in [3.8, 4) is 5.75 Å². The van der Waals surface area contributed by atoms with E-state index in [9.17, 15) is 0 Å². The number of allylic oxidation sites excluding steroid dienone is 1. The number of hydrogen-bond acceptors (Lipinski definition) is 3. The van der Waals surface area contributed by atoms with E-state index in [0.29, 0.717) is 5.92 Å². The highest BCUT2D eigenvalue weighted by Crippen LogP contribution is 2.39. The van der Waals surface area contributed by atoms with Crippen molar-refractivity contribution < 1.29 is 4.74 Å². The molecule has 2 heterocycles. The van der Waals surface area contributed by atoms with Crippen LogP contribution in [0, 0.1) is 5.92 Å². The molecule has 1 aliphatic carbocycles. The summed E-state index contributed by atoms with van der Waals surface area (Å²) in [7, 11) is 1.73. The van der Waals surface area contributed by atoms with Crippen LogP contribution >= 0.6 is 0 Å². The summed E-state index contributed by atoms with van der Waals surface area (Å²) in [6.07, 6.45) is 12.0. The van der Waals surface area contributed by atoms with Crippen molar-refractivity contribution in [1.82, 2.24) is 4.98 Å². The van der Waals surface area contributed by atoms with Gasteiger partial charge in [0.2, 0.25) is 0 Å². The Morgan fingerprint density at radius 1 is 1.17 bits per heavy atom. The van der Waals surface area contributed by atoms with Gasteiger partial charge in [-0.05, 0) is 54.5 Å². The third-order valence-electron chi connectivity index (χ3n) is 4.88. The highest BCUT2D eigenvalue weighted by Gasteiger charge is 2.23. The average molecular weight is 306 g/mol. The number of rotatable bonds is 2. The Morgan fingerprint density at radius 3 is 2.96 bits per heavy atom. The minimum atomic E-state index is 0.595. The van der Waals surface area contributed by atoms with E-state index in [-0.39, 0.29) is 0 Å². The topological polar surface area (TPSA) is 25.4 Å². The highest BCUT2D eigenvalue weighted by molar-refractivity contribution is 5.78. The molecular formula is C20H22N2O. The standard InChI is InChI=1S/C20H22N2O/c1-14-5-7-18-16(10-14)12-21-13-20(18)22-9-3-4-15-11-17(23-2)6-8-19(15)22/h5-8,11-14H,3-4,9-10H2,1-2H3. The molecule has 0 fully saturated rings. The zero-order chi connectivity index (χ0) is 15.8. The SMILES string of the molecule is COc1ccc2c(c1)CCCN2c1cncc2c1C=CC(C)C2. The van der Waals surface area contributed by atoms with E-state index >= 15 is 0 Å². The summed E-state index contributed by atoms with van der Waals surface area (Å²) >= 11 is 0. The summed E-state index contributed by atoms with van der Waals surface area (Å²) in [6.45, 7) is 3.30. The molecule has 0 amide bonds. The van der Waals surface area contributed by atoms with Crippen molar-refractivity contribution >= 4 is 17.5 Å². The lowest BCUT2D eigenvalue weighted by atomic mass is 9.90. The second kappa shape index (κ2) is 5.73. The van der Waals surface area contributed by atoms with E-state index in [4.69, 9.17) is 4.74 Å². The summed E-state index contributed by atoms with van der Waals surface area (Å²) < 4.78 is 5.38. The molecule has 2 aliphatic rings. The Labute approximate surface area is 137 Å². The summed E-state index contributed by atoms with van der Waals surface area (Å²) in [5, 5.41) is 0. The molecule has 3 nitrogen and oxygen atoms in total. The van der Waals surface area contributed by atoms with Gasteiger partial charge in [0, 0.05) is 24.0 Å². The third-order valence-corrected chi connectivity index (χ3v) is 4.88. The zero-order valence-electron chi connectivity index (χ0n) is 13.7. The minimum Gasteiger partial charge on any atom is -0.497 e. The van der Waals surface area contributed by atoms with Gasteiger partial charge in [-0.3, -0.25) is 4.98 Å². The lowest BCUT2D eigenvalue weighted by Gasteiger charge is -2.33. The predicted octanol–water partition coefficient (Wildman–Crippen LogP) is 4.38. The summed E-state index contributed by atoms with van der Waals surface area (Å²) in [6, 6.07) is 6.40. The van der Waals surface area contributed by atoms with E-state index in [1.54, 1.807) is 7.11 Å². The Hall–Kier alpha value is -2.29. The number of pyridine rings is 1. The number of fused-ring (bicyclic) bond motifs is 2. The molecule has 2 aromatic rings. The van der Waals surface area contributed by atoms with Gasteiger partial charge >= 0.3 is 0 Å². The maximum Gasteiger partial charge on any atom is 0.119 e. The van der Waals surface area contributed by atoms with E-state index in [0.717, 1.165) is 31.6 Å². The van der Waals surface area contributed by atoms with E-state index < -0.39 is 0 Å². The Kier molecular flexibility index (Phi) is 3.56. The quantitative estimate of drug-likeness (QED) is 0.823. The molecule has 0 bridgehead atoms. The molecule has 0 saturated carbocycles. The number of aromatic nitrogens is 1. The minimum absolute atomic E-state index is 0.595. The van der Waals surface area contributed by atoms with Crippen LogP contribution in [0.1, 0.15) is 30.0 Å². The largest absolute Gasteiger partial charge is 0.497 e. The first kappa shape index (κ1) is 14.3. The van der Waals surface area contributed by atoms with Crippen LogP contribution in [0.15, 0.2) is 36.7 Å². The Bertz CT molecular complexity index is 766. The molecule has 0 saturated heterocycles. The smallest absolute Gasteiger partial charge is 0.119 e. The lowest BCUT2D eigenvalue weighted by molar-refractivity contribution is 0.414. The molecule has 1 unspecified atom stereocenters. The fourth-order valence-corrected chi connectivity index (χ4v) is 3.70. The molecule has 118 valence electrons. The molecule has 1 atom stereocenters. The molecule has 4 rings (SSSR count). The van der Waals surface area contributed by atoms with Crippen LogP contribution in [0.25, 0.3) is 6.08 Å². The number of aryl methyl sites for hydroxylation is 1. The second-order valence-corrected chi connectivity index (χ2v) is 6.52. The van der Waals surface area contributed by atoms with Crippen LogP contribution in [-0.4, -0.2) is 18.6 Å². The van der Waals surface area contributed by atoms with Crippen molar-refractivity contribution in [2.75, 3.05) is 18.6 Å². The van der Waals surface area contributed by atoms with Crippen LogP contribution in [0.5, 0.6) is 5.75 Å². The molecule has 0 radical (unpaired) electrons. The monoisotopic (exact) mass is 306 g/mol. The maximum atomic E-state index is 5.38. The van der Waals surface area contributed by atoms with Gasteiger partial charge < -0.3 is 9.64 Å². The lowest BCUT2D eigenvalue weighted by Crippen LogP contribution is -2.26. The van der Waals surface area contributed by atoms with E-state index in [1.807, 2.05) is 12.4 Å². The average Bonchev–Trinajstić information content (AvgIpc) is 2.60. The maximum absolute atomic E-state index is 5.38. The second-order valence-electron chi connectivity index (χ2n) is 6.52. The van der Waals surface area contributed by atoms with Gasteiger partial charge in [0.05, 0.1) is 19.0 Å². The fraction of sp³-hybridized carbons (Fsp3) is 0.350. The van der Waals surface area contributed by atoms with Crippen LogP contribution in [0.2, 0.25) is 0 Å². The highest BCUT2D eigenvalue weighted by atomic mass is 16.5. The third kappa shape index (κ3) is 2.50. The van der Waals surface area contributed by atoms with Gasteiger partial charge in [0.25, 0.3) is 0 Å². The Balaban J connectivity index is 1.80. The number of ether oxygens (including phenoxy) is 1. The predicted molar refractivity (Wildman–Crippen MR) is 94.5 cm³/mol.